The van der Waals surface area contributed by atoms with Gasteiger partial charge in [0.15, 0.2) is 0 Å². The molecular weight excluding hydrogens is 150 g/mol. The van der Waals surface area contributed by atoms with Crippen LogP contribution in [-0.4, -0.2) is 4.98 Å². The molecular formula is C10H9NO. The summed E-state index contributed by atoms with van der Waals surface area (Å²) in [4.78, 5) is 4.11. The highest BCUT2D eigenvalue weighted by Gasteiger charge is 1.98. The van der Waals surface area contributed by atoms with Crippen LogP contribution in [0.5, 0.6) is 0 Å². The van der Waals surface area contributed by atoms with Crippen molar-refractivity contribution < 1.29 is 4.42 Å². The number of hydrogen-bond acceptors (Lipinski definition) is 2. The zero-order chi connectivity index (χ0) is 8.39. The van der Waals surface area contributed by atoms with E-state index in [0.717, 1.165) is 17.0 Å². The van der Waals surface area contributed by atoms with Crippen LogP contribution in [0.3, 0.4) is 0 Å². The van der Waals surface area contributed by atoms with Crippen molar-refractivity contribution in [1.82, 2.24) is 4.98 Å². The molecule has 2 heteroatoms. The number of pyridine rings is 1. The van der Waals surface area contributed by atoms with E-state index in [1.165, 1.54) is 0 Å². The van der Waals surface area contributed by atoms with E-state index in [1.54, 1.807) is 12.5 Å². The zero-order valence-corrected chi connectivity index (χ0v) is 6.82. The summed E-state index contributed by atoms with van der Waals surface area (Å²) in [5.74, 6) is 0.889. The van der Waals surface area contributed by atoms with Crippen molar-refractivity contribution in [2.24, 2.45) is 0 Å². The first kappa shape index (κ1) is 7.10. The van der Waals surface area contributed by atoms with Crippen LogP contribution in [0.25, 0.3) is 11.3 Å². The lowest BCUT2D eigenvalue weighted by Crippen LogP contribution is -1.80. The van der Waals surface area contributed by atoms with Gasteiger partial charge in [0.25, 0.3) is 0 Å². The second-order valence-electron chi connectivity index (χ2n) is 2.66. The van der Waals surface area contributed by atoms with Crippen molar-refractivity contribution in [3.05, 3.63) is 42.4 Å². The van der Waals surface area contributed by atoms with Crippen LogP contribution >= 0.6 is 0 Å². The van der Waals surface area contributed by atoms with Crippen LogP contribution in [0.4, 0.5) is 0 Å². The number of hydrogen-bond donors (Lipinski definition) is 0. The van der Waals surface area contributed by atoms with Gasteiger partial charge in [0, 0.05) is 17.5 Å². The fourth-order valence-corrected chi connectivity index (χ4v) is 1.14. The molecule has 0 aliphatic heterocycles. The summed E-state index contributed by atoms with van der Waals surface area (Å²) in [6.07, 6.45) is 3.46. The Labute approximate surface area is 70.9 Å². The van der Waals surface area contributed by atoms with Crippen molar-refractivity contribution >= 4 is 0 Å². The zero-order valence-electron chi connectivity index (χ0n) is 6.82. The normalized spacial score (nSPS) is 10.1. The molecule has 0 saturated heterocycles. The van der Waals surface area contributed by atoms with E-state index < -0.39 is 0 Å². The monoisotopic (exact) mass is 159 g/mol. The molecule has 12 heavy (non-hydrogen) atoms. The van der Waals surface area contributed by atoms with E-state index in [9.17, 15) is 0 Å². The number of aryl methyl sites for hydroxylation is 1. The topological polar surface area (TPSA) is 26.0 Å². The molecule has 2 nitrogen and oxygen atoms in total. The minimum absolute atomic E-state index is 0.889. The molecule has 60 valence electrons. The molecule has 2 aromatic rings. The summed E-state index contributed by atoms with van der Waals surface area (Å²) in [6.45, 7) is 1.96. The van der Waals surface area contributed by atoms with E-state index in [1.807, 2.05) is 31.2 Å². The molecule has 0 unspecified atom stereocenters. The van der Waals surface area contributed by atoms with Gasteiger partial charge in [-0.15, -0.1) is 0 Å². The lowest BCUT2D eigenvalue weighted by molar-refractivity contribution is 0.582. The summed E-state index contributed by atoms with van der Waals surface area (Å²) in [5.41, 5.74) is 2.08. The van der Waals surface area contributed by atoms with Crippen LogP contribution in [-0.2, 0) is 0 Å². The van der Waals surface area contributed by atoms with Gasteiger partial charge in [0.2, 0.25) is 0 Å². The Morgan fingerprint density at radius 2 is 2.25 bits per heavy atom. The molecule has 0 amide bonds. The highest BCUT2D eigenvalue weighted by molar-refractivity contribution is 5.56. The molecule has 2 rings (SSSR count). The summed E-state index contributed by atoms with van der Waals surface area (Å²) < 4.78 is 5.25. The van der Waals surface area contributed by atoms with Gasteiger partial charge in [-0.05, 0) is 31.2 Å². The maximum Gasteiger partial charge on any atom is 0.133 e. The smallest absolute Gasteiger partial charge is 0.133 e. The van der Waals surface area contributed by atoms with E-state index >= 15 is 0 Å². The molecule has 0 spiro atoms. The summed E-state index contributed by atoms with van der Waals surface area (Å²) in [6, 6.07) is 7.75. The van der Waals surface area contributed by atoms with Gasteiger partial charge in [-0.25, -0.2) is 0 Å². The first-order chi connectivity index (χ1) is 5.86. The van der Waals surface area contributed by atoms with Crippen molar-refractivity contribution in [2.75, 3.05) is 0 Å². The molecule has 2 heterocycles. The molecule has 0 N–H and O–H groups in total. The second-order valence-corrected chi connectivity index (χ2v) is 2.66. The van der Waals surface area contributed by atoms with Gasteiger partial charge in [0.05, 0.1) is 6.26 Å². The predicted octanol–water partition coefficient (Wildman–Crippen LogP) is 2.65. The maximum absolute atomic E-state index is 5.25. The molecule has 0 aromatic carbocycles. The highest BCUT2D eigenvalue weighted by atomic mass is 16.3. The first-order valence-corrected chi connectivity index (χ1v) is 3.83. The maximum atomic E-state index is 5.25. The Morgan fingerprint density at radius 1 is 1.33 bits per heavy atom. The van der Waals surface area contributed by atoms with Gasteiger partial charge >= 0.3 is 0 Å². The third-order valence-corrected chi connectivity index (χ3v) is 1.70. The number of nitrogens with zero attached hydrogens (tertiary/aromatic N) is 1. The Hall–Kier alpha value is -1.57. The van der Waals surface area contributed by atoms with E-state index in [-0.39, 0.29) is 0 Å². The molecule has 0 aliphatic rings. The number of aromatic nitrogens is 1. The van der Waals surface area contributed by atoms with Gasteiger partial charge in [-0.1, -0.05) is 0 Å². The molecule has 0 fully saturated rings. The van der Waals surface area contributed by atoms with Crippen LogP contribution in [0.1, 0.15) is 5.69 Å². The number of rotatable bonds is 1. The fraction of sp³-hybridized carbons (Fsp3) is 0.100. The van der Waals surface area contributed by atoms with Gasteiger partial charge in [-0.2, -0.15) is 0 Å². The Balaban J connectivity index is 2.48. The SMILES string of the molecule is Cc1cc(-c2ccco2)ccn1. The molecule has 0 aliphatic carbocycles. The third-order valence-electron chi connectivity index (χ3n) is 1.70. The van der Waals surface area contributed by atoms with E-state index in [0.29, 0.717) is 0 Å². The Morgan fingerprint density at radius 3 is 2.92 bits per heavy atom. The lowest BCUT2D eigenvalue weighted by atomic mass is 10.2. The Bertz CT molecular complexity index is 365. The second kappa shape index (κ2) is 2.81. The first-order valence-electron chi connectivity index (χ1n) is 3.83. The standard InChI is InChI=1S/C10H9NO/c1-8-7-9(4-5-11-8)10-3-2-6-12-10/h2-7H,1H3. The van der Waals surface area contributed by atoms with Crippen molar-refractivity contribution in [3.8, 4) is 11.3 Å². The predicted molar refractivity (Wildman–Crippen MR) is 46.7 cm³/mol. The van der Waals surface area contributed by atoms with E-state index in [2.05, 4.69) is 4.98 Å². The number of furan rings is 1. The largest absolute Gasteiger partial charge is 0.464 e. The average molecular weight is 159 g/mol. The summed E-state index contributed by atoms with van der Waals surface area (Å²) in [5, 5.41) is 0. The fourth-order valence-electron chi connectivity index (χ4n) is 1.14. The van der Waals surface area contributed by atoms with Crippen molar-refractivity contribution in [1.29, 1.82) is 0 Å². The minimum atomic E-state index is 0.889. The van der Waals surface area contributed by atoms with Crippen LogP contribution in [0.2, 0.25) is 0 Å². The lowest BCUT2D eigenvalue weighted by Gasteiger charge is -1.96. The van der Waals surface area contributed by atoms with Gasteiger partial charge in [0.1, 0.15) is 5.76 Å². The molecule has 0 atom stereocenters. The third kappa shape index (κ3) is 1.23. The molecule has 0 bridgehead atoms. The van der Waals surface area contributed by atoms with Crippen molar-refractivity contribution in [2.45, 2.75) is 6.92 Å². The minimum Gasteiger partial charge on any atom is -0.464 e. The van der Waals surface area contributed by atoms with Crippen LogP contribution in [0, 0.1) is 6.92 Å². The van der Waals surface area contributed by atoms with Crippen molar-refractivity contribution in [3.63, 3.8) is 0 Å². The van der Waals surface area contributed by atoms with Gasteiger partial charge in [-0.3, -0.25) is 4.98 Å². The summed E-state index contributed by atoms with van der Waals surface area (Å²) >= 11 is 0. The van der Waals surface area contributed by atoms with Gasteiger partial charge < -0.3 is 4.42 Å². The van der Waals surface area contributed by atoms with Crippen LogP contribution in [0.15, 0.2) is 41.1 Å². The highest BCUT2D eigenvalue weighted by Crippen LogP contribution is 2.18. The summed E-state index contributed by atoms with van der Waals surface area (Å²) in [7, 11) is 0. The van der Waals surface area contributed by atoms with Crippen LogP contribution < -0.4 is 0 Å². The molecule has 0 saturated carbocycles. The molecule has 0 radical (unpaired) electrons. The average Bonchev–Trinajstić information content (AvgIpc) is 2.56. The molecule has 2 aromatic heterocycles. The Kier molecular flexibility index (Phi) is 1.67. The van der Waals surface area contributed by atoms with E-state index in [4.69, 9.17) is 4.42 Å². The quantitative estimate of drug-likeness (QED) is 0.639.